The van der Waals surface area contributed by atoms with Crippen LogP contribution in [0.5, 0.6) is 17.2 Å². The van der Waals surface area contributed by atoms with Gasteiger partial charge < -0.3 is 19.9 Å². The molecule has 29 heavy (non-hydrogen) atoms. The number of hydrogen-bond donors (Lipinski definition) is 2. The lowest BCUT2D eigenvalue weighted by Crippen LogP contribution is -2.13. The molecule has 148 valence electrons. The van der Waals surface area contributed by atoms with Crippen molar-refractivity contribution in [3.05, 3.63) is 71.8 Å². The van der Waals surface area contributed by atoms with Crippen LogP contribution < -0.4 is 14.8 Å². The summed E-state index contributed by atoms with van der Waals surface area (Å²) in [4.78, 5) is 4.71. The number of phenols is 1. The summed E-state index contributed by atoms with van der Waals surface area (Å²) in [5.41, 5.74) is 3.91. The van der Waals surface area contributed by atoms with Crippen LogP contribution in [0.25, 0.3) is 20.8 Å². The van der Waals surface area contributed by atoms with E-state index >= 15 is 0 Å². The molecule has 2 N–H and O–H groups in total. The van der Waals surface area contributed by atoms with Crippen molar-refractivity contribution in [3.8, 4) is 27.8 Å². The largest absolute Gasteiger partial charge is 0.508 e. The molecule has 0 radical (unpaired) electrons. The highest BCUT2D eigenvalue weighted by Crippen LogP contribution is 2.32. The number of ether oxygens (including phenoxy) is 2. The van der Waals surface area contributed by atoms with Crippen molar-refractivity contribution in [2.24, 2.45) is 0 Å². The van der Waals surface area contributed by atoms with Crippen molar-refractivity contribution >= 4 is 21.6 Å². The Morgan fingerprint density at radius 2 is 1.76 bits per heavy atom. The number of aromatic nitrogens is 1. The molecule has 1 aromatic heterocycles. The van der Waals surface area contributed by atoms with Gasteiger partial charge in [0.25, 0.3) is 0 Å². The van der Waals surface area contributed by atoms with E-state index in [1.807, 2.05) is 48.5 Å². The van der Waals surface area contributed by atoms with E-state index in [-0.39, 0.29) is 5.75 Å². The van der Waals surface area contributed by atoms with Gasteiger partial charge in [-0.1, -0.05) is 18.2 Å². The second-order valence-corrected chi connectivity index (χ2v) is 7.65. The van der Waals surface area contributed by atoms with Gasteiger partial charge in [0, 0.05) is 24.2 Å². The maximum atomic E-state index is 10.3. The number of thiazole rings is 1. The number of methoxy groups -OCH3 is 2. The van der Waals surface area contributed by atoms with Gasteiger partial charge in [-0.15, -0.1) is 11.3 Å². The Labute approximate surface area is 173 Å². The molecule has 0 amide bonds. The summed E-state index contributed by atoms with van der Waals surface area (Å²) in [7, 11) is 3.25. The molecule has 4 rings (SSSR count). The van der Waals surface area contributed by atoms with Gasteiger partial charge in [0.05, 0.1) is 24.4 Å². The third kappa shape index (κ3) is 4.18. The van der Waals surface area contributed by atoms with E-state index in [1.165, 1.54) is 0 Å². The predicted molar refractivity (Wildman–Crippen MR) is 117 cm³/mol. The molecule has 0 saturated heterocycles. The quantitative estimate of drug-likeness (QED) is 0.453. The number of hydrogen-bond acceptors (Lipinski definition) is 6. The van der Waals surface area contributed by atoms with E-state index < -0.39 is 0 Å². The first-order valence-electron chi connectivity index (χ1n) is 9.27. The van der Waals surface area contributed by atoms with Gasteiger partial charge in [0.15, 0.2) is 11.5 Å². The first-order valence-corrected chi connectivity index (χ1v) is 10.1. The van der Waals surface area contributed by atoms with Crippen molar-refractivity contribution in [2.75, 3.05) is 14.2 Å². The third-order valence-electron chi connectivity index (χ3n) is 4.71. The highest BCUT2D eigenvalue weighted by molar-refractivity contribution is 7.21. The van der Waals surface area contributed by atoms with Crippen LogP contribution in [0, 0.1) is 0 Å². The molecular weight excluding hydrogens is 384 g/mol. The summed E-state index contributed by atoms with van der Waals surface area (Å²) in [6, 6.07) is 19.6. The first kappa shape index (κ1) is 19.2. The SMILES string of the molecule is COc1ccc(CNCc2cc(-c3nc4ccccc4s3)ccc2O)cc1OC. The summed E-state index contributed by atoms with van der Waals surface area (Å²) in [5, 5.41) is 14.6. The molecule has 0 fully saturated rings. The molecular formula is C23H22N2O3S. The van der Waals surface area contributed by atoms with Crippen LogP contribution in [0.2, 0.25) is 0 Å². The van der Waals surface area contributed by atoms with Crippen molar-refractivity contribution in [2.45, 2.75) is 13.1 Å². The van der Waals surface area contributed by atoms with E-state index in [0.717, 1.165) is 31.9 Å². The zero-order valence-corrected chi connectivity index (χ0v) is 17.1. The Balaban J connectivity index is 1.48. The van der Waals surface area contributed by atoms with Gasteiger partial charge >= 0.3 is 0 Å². The summed E-state index contributed by atoms with van der Waals surface area (Å²) in [6.45, 7) is 1.18. The Hall–Kier alpha value is -3.09. The second kappa shape index (κ2) is 8.51. The molecule has 0 aliphatic heterocycles. The van der Waals surface area contributed by atoms with E-state index in [4.69, 9.17) is 14.5 Å². The fourth-order valence-corrected chi connectivity index (χ4v) is 4.15. The molecule has 0 atom stereocenters. The number of rotatable bonds is 7. The van der Waals surface area contributed by atoms with Crippen LogP contribution in [-0.4, -0.2) is 24.3 Å². The van der Waals surface area contributed by atoms with Crippen molar-refractivity contribution < 1.29 is 14.6 Å². The van der Waals surface area contributed by atoms with Gasteiger partial charge in [-0.05, 0) is 48.0 Å². The predicted octanol–water partition coefficient (Wildman–Crippen LogP) is 4.98. The lowest BCUT2D eigenvalue weighted by molar-refractivity contribution is 0.354. The fourth-order valence-electron chi connectivity index (χ4n) is 3.19. The number of nitrogens with zero attached hydrogens (tertiary/aromatic N) is 1. The van der Waals surface area contributed by atoms with Crippen LogP contribution in [0.15, 0.2) is 60.7 Å². The van der Waals surface area contributed by atoms with Gasteiger partial charge in [-0.3, -0.25) is 0 Å². The molecule has 0 saturated carbocycles. The normalized spacial score (nSPS) is 11.0. The highest BCUT2D eigenvalue weighted by atomic mass is 32.1. The lowest BCUT2D eigenvalue weighted by Gasteiger charge is -2.11. The standard InChI is InChI=1S/C23H22N2O3S/c1-27-20-10-7-15(11-21(20)28-2)13-24-14-17-12-16(8-9-19(17)26)23-25-18-5-3-4-6-22(18)29-23/h3-12,24,26H,13-14H2,1-2H3. The molecule has 3 aromatic carbocycles. The van der Waals surface area contributed by atoms with Gasteiger partial charge in [-0.25, -0.2) is 4.98 Å². The maximum Gasteiger partial charge on any atom is 0.161 e. The molecule has 5 nitrogen and oxygen atoms in total. The second-order valence-electron chi connectivity index (χ2n) is 6.62. The number of nitrogens with one attached hydrogen (secondary N) is 1. The minimum absolute atomic E-state index is 0.273. The van der Waals surface area contributed by atoms with Crippen LogP contribution in [0.3, 0.4) is 0 Å². The summed E-state index contributed by atoms with van der Waals surface area (Å²) in [6.07, 6.45) is 0. The fraction of sp³-hybridized carbons (Fsp3) is 0.174. The van der Waals surface area contributed by atoms with Crippen LogP contribution in [0.4, 0.5) is 0 Å². The average molecular weight is 407 g/mol. The summed E-state index contributed by atoms with van der Waals surface area (Å²) in [5.74, 6) is 1.68. The third-order valence-corrected chi connectivity index (χ3v) is 5.80. The molecule has 0 aliphatic carbocycles. The minimum Gasteiger partial charge on any atom is -0.508 e. The van der Waals surface area contributed by atoms with E-state index in [9.17, 15) is 5.11 Å². The zero-order valence-electron chi connectivity index (χ0n) is 16.3. The smallest absolute Gasteiger partial charge is 0.161 e. The number of aromatic hydroxyl groups is 1. The molecule has 4 aromatic rings. The van der Waals surface area contributed by atoms with Gasteiger partial charge in [-0.2, -0.15) is 0 Å². The van der Waals surface area contributed by atoms with E-state index in [2.05, 4.69) is 11.4 Å². The monoisotopic (exact) mass is 406 g/mol. The molecule has 0 spiro atoms. The van der Waals surface area contributed by atoms with Gasteiger partial charge in [0.2, 0.25) is 0 Å². The lowest BCUT2D eigenvalue weighted by atomic mass is 10.1. The highest BCUT2D eigenvalue weighted by Gasteiger charge is 2.10. The Morgan fingerprint density at radius 1 is 0.931 bits per heavy atom. The number of phenolic OH excluding ortho intramolecular Hbond substituents is 1. The first-order chi connectivity index (χ1) is 14.2. The summed E-state index contributed by atoms with van der Waals surface area (Å²) >= 11 is 1.65. The minimum atomic E-state index is 0.273. The van der Waals surface area contributed by atoms with Crippen molar-refractivity contribution in [3.63, 3.8) is 0 Å². The summed E-state index contributed by atoms with van der Waals surface area (Å²) < 4.78 is 11.8. The number of fused-ring (bicyclic) bond motifs is 1. The van der Waals surface area contributed by atoms with Crippen LogP contribution in [-0.2, 0) is 13.1 Å². The van der Waals surface area contributed by atoms with Gasteiger partial charge in [0.1, 0.15) is 10.8 Å². The Morgan fingerprint density at radius 3 is 2.55 bits per heavy atom. The molecule has 0 bridgehead atoms. The topological polar surface area (TPSA) is 63.6 Å². The Kier molecular flexibility index (Phi) is 5.64. The number of benzene rings is 3. The Bertz CT molecular complexity index is 1110. The zero-order chi connectivity index (χ0) is 20.2. The number of para-hydroxylation sites is 1. The molecule has 0 aliphatic rings. The van der Waals surface area contributed by atoms with Crippen molar-refractivity contribution in [1.82, 2.24) is 10.3 Å². The molecule has 6 heteroatoms. The van der Waals surface area contributed by atoms with Crippen molar-refractivity contribution in [1.29, 1.82) is 0 Å². The van der Waals surface area contributed by atoms with E-state index in [0.29, 0.717) is 24.6 Å². The van der Waals surface area contributed by atoms with Crippen LogP contribution >= 0.6 is 11.3 Å². The maximum absolute atomic E-state index is 10.3. The van der Waals surface area contributed by atoms with E-state index in [1.54, 1.807) is 31.6 Å². The molecule has 1 heterocycles. The van der Waals surface area contributed by atoms with Crippen LogP contribution in [0.1, 0.15) is 11.1 Å². The molecule has 0 unspecified atom stereocenters. The average Bonchev–Trinajstić information content (AvgIpc) is 3.19.